The molecule has 1 nitrogen and oxygen atoms in total. The first kappa shape index (κ1) is 13.3. The fourth-order valence-corrected chi connectivity index (χ4v) is 2.42. The number of aryl methyl sites for hydroxylation is 2. The highest BCUT2D eigenvalue weighted by Crippen LogP contribution is 2.19. The van der Waals surface area contributed by atoms with Crippen molar-refractivity contribution in [3.63, 3.8) is 0 Å². The Kier molecular flexibility index (Phi) is 4.22. The summed E-state index contributed by atoms with van der Waals surface area (Å²) in [5, 5.41) is 3.33. The second-order valence-electron chi connectivity index (χ2n) is 4.40. The molecule has 0 aliphatic carbocycles. The van der Waals surface area contributed by atoms with Crippen LogP contribution in [0.3, 0.4) is 0 Å². The van der Waals surface area contributed by atoms with Gasteiger partial charge in [0.05, 0.1) is 0 Å². The van der Waals surface area contributed by atoms with E-state index in [0.29, 0.717) is 12.1 Å². The van der Waals surface area contributed by atoms with Crippen LogP contribution in [0.5, 0.6) is 0 Å². The molecule has 18 heavy (non-hydrogen) atoms. The molecule has 0 aliphatic heterocycles. The zero-order chi connectivity index (χ0) is 13.1. The third-order valence-electron chi connectivity index (χ3n) is 2.91. The van der Waals surface area contributed by atoms with Gasteiger partial charge in [0, 0.05) is 15.8 Å². The molecule has 2 aromatic rings. The van der Waals surface area contributed by atoms with Crippen molar-refractivity contribution in [2.75, 3.05) is 5.32 Å². The van der Waals surface area contributed by atoms with Gasteiger partial charge in [0.25, 0.3) is 0 Å². The third kappa shape index (κ3) is 3.22. The van der Waals surface area contributed by atoms with Crippen molar-refractivity contribution in [2.24, 2.45) is 0 Å². The van der Waals surface area contributed by atoms with Gasteiger partial charge < -0.3 is 5.32 Å². The van der Waals surface area contributed by atoms with Crippen LogP contribution in [-0.4, -0.2) is 0 Å². The lowest BCUT2D eigenvalue weighted by atomic mass is 10.1. The molecule has 0 spiro atoms. The summed E-state index contributed by atoms with van der Waals surface area (Å²) in [6, 6.07) is 11.6. The van der Waals surface area contributed by atoms with E-state index in [2.05, 4.69) is 53.0 Å². The Balaban J connectivity index is 2.09. The highest BCUT2D eigenvalue weighted by Gasteiger charge is 2.01. The van der Waals surface area contributed by atoms with Crippen molar-refractivity contribution in [1.82, 2.24) is 0 Å². The first-order valence-electron chi connectivity index (χ1n) is 5.81. The van der Waals surface area contributed by atoms with E-state index >= 15 is 0 Å². The van der Waals surface area contributed by atoms with Crippen LogP contribution in [0.2, 0.25) is 0 Å². The molecule has 0 aromatic heterocycles. The summed E-state index contributed by atoms with van der Waals surface area (Å²) in [4.78, 5) is 0. The maximum Gasteiger partial charge on any atom is 0.126 e. The van der Waals surface area contributed by atoms with Crippen LogP contribution in [0, 0.1) is 23.2 Å². The van der Waals surface area contributed by atoms with Gasteiger partial charge in [0.15, 0.2) is 0 Å². The molecule has 0 saturated heterocycles. The first-order chi connectivity index (χ1) is 8.56. The van der Waals surface area contributed by atoms with E-state index in [1.807, 2.05) is 12.1 Å². The lowest BCUT2D eigenvalue weighted by molar-refractivity contribution is 0.616. The minimum Gasteiger partial charge on any atom is -0.381 e. The molecule has 2 aromatic carbocycles. The van der Waals surface area contributed by atoms with Gasteiger partial charge in [-0.25, -0.2) is 4.39 Å². The number of rotatable bonds is 3. The van der Waals surface area contributed by atoms with E-state index in [1.165, 1.54) is 9.13 Å². The Morgan fingerprint density at radius 1 is 1.06 bits per heavy atom. The van der Waals surface area contributed by atoms with Crippen LogP contribution in [0.25, 0.3) is 0 Å². The van der Waals surface area contributed by atoms with Gasteiger partial charge in [-0.1, -0.05) is 12.1 Å². The van der Waals surface area contributed by atoms with E-state index in [-0.39, 0.29) is 5.82 Å². The van der Waals surface area contributed by atoms with E-state index < -0.39 is 0 Å². The van der Waals surface area contributed by atoms with Crippen LogP contribution in [-0.2, 0) is 6.54 Å². The third-order valence-corrected chi connectivity index (χ3v) is 3.58. The van der Waals surface area contributed by atoms with E-state index in [4.69, 9.17) is 0 Å². The SMILES string of the molecule is Cc1ccc(CNc2ccc(I)cc2C)cc1F. The summed E-state index contributed by atoms with van der Waals surface area (Å²) >= 11 is 2.29. The van der Waals surface area contributed by atoms with Crippen LogP contribution in [0.15, 0.2) is 36.4 Å². The van der Waals surface area contributed by atoms with Gasteiger partial charge >= 0.3 is 0 Å². The average molecular weight is 355 g/mol. The highest BCUT2D eigenvalue weighted by molar-refractivity contribution is 14.1. The second kappa shape index (κ2) is 5.69. The molecular formula is C15H15FIN. The molecule has 0 atom stereocenters. The van der Waals surface area contributed by atoms with E-state index in [1.54, 1.807) is 13.0 Å². The molecule has 0 heterocycles. The predicted octanol–water partition coefficient (Wildman–Crippen LogP) is 4.66. The standard InChI is InChI=1S/C15H15FIN/c1-10-3-4-12(8-14(10)16)9-18-15-6-5-13(17)7-11(15)2/h3-8,18H,9H2,1-2H3. The molecule has 0 fully saturated rings. The number of anilines is 1. The smallest absolute Gasteiger partial charge is 0.126 e. The van der Waals surface area contributed by atoms with Gasteiger partial charge in [0.2, 0.25) is 0 Å². The Labute approximate surface area is 121 Å². The summed E-state index contributed by atoms with van der Waals surface area (Å²) in [7, 11) is 0. The number of benzene rings is 2. The lowest BCUT2D eigenvalue weighted by Gasteiger charge is -2.10. The summed E-state index contributed by atoms with van der Waals surface area (Å²) < 4.78 is 14.6. The normalized spacial score (nSPS) is 10.4. The summed E-state index contributed by atoms with van der Waals surface area (Å²) in [6.45, 7) is 4.48. The Bertz CT molecular complexity index is 566. The van der Waals surface area contributed by atoms with Gasteiger partial charge in [-0.05, 0) is 77.4 Å². The molecule has 3 heteroatoms. The molecule has 0 amide bonds. The Hall–Kier alpha value is -1.10. The lowest BCUT2D eigenvalue weighted by Crippen LogP contribution is -2.02. The molecule has 1 N–H and O–H groups in total. The highest BCUT2D eigenvalue weighted by atomic mass is 127. The van der Waals surface area contributed by atoms with Crippen molar-refractivity contribution in [1.29, 1.82) is 0 Å². The Morgan fingerprint density at radius 2 is 1.83 bits per heavy atom. The number of halogens is 2. The van der Waals surface area contributed by atoms with Crippen molar-refractivity contribution in [2.45, 2.75) is 20.4 Å². The van der Waals surface area contributed by atoms with Crippen molar-refractivity contribution in [3.05, 3.63) is 62.5 Å². The summed E-state index contributed by atoms with van der Waals surface area (Å²) in [5.41, 5.74) is 3.94. The predicted molar refractivity (Wildman–Crippen MR) is 82.4 cm³/mol. The van der Waals surface area contributed by atoms with Gasteiger partial charge in [-0.2, -0.15) is 0 Å². The summed E-state index contributed by atoms with van der Waals surface area (Å²) in [5.74, 6) is -0.145. The fraction of sp³-hybridized carbons (Fsp3) is 0.200. The quantitative estimate of drug-likeness (QED) is 0.790. The van der Waals surface area contributed by atoms with E-state index in [0.717, 1.165) is 11.3 Å². The largest absolute Gasteiger partial charge is 0.381 e. The molecule has 0 saturated carbocycles. The zero-order valence-corrected chi connectivity index (χ0v) is 12.6. The Morgan fingerprint density at radius 3 is 2.50 bits per heavy atom. The second-order valence-corrected chi connectivity index (χ2v) is 5.64. The van der Waals surface area contributed by atoms with Crippen LogP contribution in [0.1, 0.15) is 16.7 Å². The molecule has 0 bridgehead atoms. The van der Waals surface area contributed by atoms with Crippen LogP contribution in [0.4, 0.5) is 10.1 Å². The van der Waals surface area contributed by atoms with Crippen LogP contribution < -0.4 is 5.32 Å². The van der Waals surface area contributed by atoms with Crippen molar-refractivity contribution < 1.29 is 4.39 Å². The fourth-order valence-electron chi connectivity index (χ4n) is 1.77. The zero-order valence-electron chi connectivity index (χ0n) is 10.4. The summed E-state index contributed by atoms with van der Waals surface area (Å²) in [6.07, 6.45) is 0. The molecule has 0 unspecified atom stereocenters. The van der Waals surface area contributed by atoms with Gasteiger partial charge in [-0.15, -0.1) is 0 Å². The minimum atomic E-state index is -0.145. The van der Waals surface area contributed by atoms with Gasteiger partial charge in [0.1, 0.15) is 5.82 Å². The minimum absolute atomic E-state index is 0.145. The number of hydrogen-bond donors (Lipinski definition) is 1. The monoisotopic (exact) mass is 355 g/mol. The molecule has 2 rings (SSSR count). The molecule has 94 valence electrons. The molecule has 0 aliphatic rings. The topological polar surface area (TPSA) is 12.0 Å². The van der Waals surface area contributed by atoms with Crippen molar-refractivity contribution in [3.8, 4) is 0 Å². The maximum atomic E-state index is 13.4. The van der Waals surface area contributed by atoms with Crippen molar-refractivity contribution >= 4 is 28.3 Å². The molecular weight excluding hydrogens is 340 g/mol. The first-order valence-corrected chi connectivity index (χ1v) is 6.89. The average Bonchev–Trinajstić information content (AvgIpc) is 2.32. The molecule has 0 radical (unpaired) electrons. The maximum absolute atomic E-state index is 13.4. The number of nitrogens with one attached hydrogen (secondary N) is 1. The van der Waals surface area contributed by atoms with Gasteiger partial charge in [-0.3, -0.25) is 0 Å². The van der Waals surface area contributed by atoms with E-state index in [9.17, 15) is 4.39 Å². The number of hydrogen-bond acceptors (Lipinski definition) is 1. The van der Waals surface area contributed by atoms with Crippen LogP contribution >= 0.6 is 22.6 Å².